The predicted molar refractivity (Wildman–Crippen MR) is 145 cm³/mol. The smallest absolute Gasteiger partial charge is 0.471 e. The van der Waals surface area contributed by atoms with Crippen molar-refractivity contribution < 1.29 is 31.5 Å². The number of ether oxygens (including phenoxy) is 1. The first kappa shape index (κ1) is 27.7. The van der Waals surface area contributed by atoms with Crippen molar-refractivity contribution in [2.45, 2.75) is 39.0 Å². The fourth-order valence-electron chi connectivity index (χ4n) is 5.63. The van der Waals surface area contributed by atoms with E-state index >= 15 is 4.39 Å². The highest BCUT2D eigenvalue weighted by molar-refractivity contribution is 5.83. The molecule has 0 bridgehead atoms. The number of carbonyl (C=O) groups is 1. The van der Waals surface area contributed by atoms with Crippen LogP contribution in [0.2, 0.25) is 0 Å². The van der Waals surface area contributed by atoms with Gasteiger partial charge in [-0.15, -0.1) is 0 Å². The number of fused-ring (bicyclic) bond motifs is 4. The topological polar surface area (TPSA) is 88.4 Å². The number of nitrogens with zero attached hydrogens (tertiary/aromatic N) is 6. The first-order chi connectivity index (χ1) is 19.9. The summed E-state index contributed by atoms with van der Waals surface area (Å²) in [5.41, 5.74) is 2.06. The maximum atomic E-state index is 15.0. The molecule has 4 heterocycles. The predicted octanol–water partition coefficient (Wildman–Crippen LogP) is 5.38. The van der Waals surface area contributed by atoms with Gasteiger partial charge >= 0.3 is 12.1 Å². The Hall–Kier alpha value is -4.49. The van der Waals surface area contributed by atoms with Crippen molar-refractivity contribution in [3.8, 4) is 17.0 Å². The van der Waals surface area contributed by atoms with Gasteiger partial charge in [0.25, 0.3) is 0 Å². The average molecular weight is 588 g/mol. The third-order valence-corrected chi connectivity index (χ3v) is 7.43. The summed E-state index contributed by atoms with van der Waals surface area (Å²) in [6.45, 7) is 5.82. The lowest BCUT2D eigenvalue weighted by molar-refractivity contribution is -0.186. The third kappa shape index (κ3) is 4.84. The van der Waals surface area contributed by atoms with Crippen LogP contribution in [0.15, 0.2) is 36.5 Å². The van der Waals surface area contributed by atoms with Crippen LogP contribution in [0.3, 0.4) is 0 Å². The van der Waals surface area contributed by atoms with Crippen LogP contribution in [-0.4, -0.2) is 68.8 Å². The van der Waals surface area contributed by atoms with Gasteiger partial charge in [-0.3, -0.25) is 4.79 Å². The molecule has 6 rings (SSSR count). The molecule has 42 heavy (non-hydrogen) atoms. The van der Waals surface area contributed by atoms with Gasteiger partial charge in [0.1, 0.15) is 29.4 Å². The summed E-state index contributed by atoms with van der Waals surface area (Å²) in [6, 6.07) is 7.56. The first-order valence-electron chi connectivity index (χ1n) is 13.3. The lowest BCUT2D eigenvalue weighted by Gasteiger charge is -2.45. The van der Waals surface area contributed by atoms with Crippen LogP contribution in [0, 0.1) is 18.6 Å². The average Bonchev–Trinajstić information content (AvgIpc) is 3.29. The van der Waals surface area contributed by atoms with Gasteiger partial charge < -0.3 is 24.4 Å². The van der Waals surface area contributed by atoms with Crippen molar-refractivity contribution >= 4 is 34.3 Å². The standard InChI is InChI=1S/C28H26F5N7O2/c1-14(2)40-15(3)35-25-19(29)8-16(9-22(25)40)24-20(30)11-34-27(37-24)36-17-4-5-21-23(10-17)42-13-18-12-38(6-7-39(18)21)26(41)28(31,32)33/h4-5,8-11,14,18H,6-7,12-13H2,1-3H3,(H,34,36,37). The Morgan fingerprint density at radius 3 is 2.62 bits per heavy atom. The van der Waals surface area contributed by atoms with E-state index in [1.807, 2.05) is 23.3 Å². The third-order valence-electron chi connectivity index (χ3n) is 7.43. The number of anilines is 3. The zero-order chi connectivity index (χ0) is 29.9. The molecule has 2 aliphatic heterocycles. The van der Waals surface area contributed by atoms with Crippen LogP contribution < -0.4 is 15.0 Å². The van der Waals surface area contributed by atoms with E-state index in [0.29, 0.717) is 28.5 Å². The van der Waals surface area contributed by atoms with E-state index in [9.17, 15) is 22.4 Å². The van der Waals surface area contributed by atoms with E-state index < -0.39 is 29.8 Å². The number of hydrogen-bond acceptors (Lipinski definition) is 7. The van der Waals surface area contributed by atoms with Gasteiger partial charge in [-0.05, 0) is 45.0 Å². The van der Waals surface area contributed by atoms with Crippen LogP contribution in [0.5, 0.6) is 5.75 Å². The summed E-state index contributed by atoms with van der Waals surface area (Å²) in [7, 11) is 0. The number of carbonyl (C=O) groups excluding carboxylic acids is 1. The van der Waals surface area contributed by atoms with Crippen molar-refractivity contribution in [2.24, 2.45) is 0 Å². The second-order valence-corrected chi connectivity index (χ2v) is 10.6. The number of benzene rings is 2. The molecule has 1 saturated heterocycles. The first-order valence-corrected chi connectivity index (χ1v) is 13.3. The number of nitrogens with one attached hydrogen (secondary N) is 1. The van der Waals surface area contributed by atoms with Crippen LogP contribution in [0.1, 0.15) is 25.7 Å². The molecule has 220 valence electrons. The number of aryl methyl sites for hydroxylation is 1. The zero-order valence-electron chi connectivity index (χ0n) is 22.8. The van der Waals surface area contributed by atoms with Gasteiger partial charge in [0.2, 0.25) is 5.95 Å². The molecule has 0 aliphatic carbocycles. The van der Waals surface area contributed by atoms with Crippen molar-refractivity contribution in [2.75, 3.05) is 36.5 Å². The molecule has 0 spiro atoms. The van der Waals surface area contributed by atoms with E-state index in [-0.39, 0.29) is 55.0 Å². The molecule has 9 nitrogen and oxygen atoms in total. The van der Waals surface area contributed by atoms with Crippen LogP contribution in [0.4, 0.5) is 39.3 Å². The summed E-state index contributed by atoms with van der Waals surface area (Å²) in [5, 5.41) is 3.01. The molecule has 0 radical (unpaired) electrons. The lowest BCUT2D eigenvalue weighted by Crippen LogP contribution is -2.60. The molecule has 1 unspecified atom stereocenters. The molecule has 2 aromatic carbocycles. The molecule has 2 aliphatic rings. The Kier molecular flexibility index (Phi) is 6.65. The molecule has 1 atom stereocenters. The van der Waals surface area contributed by atoms with Crippen molar-refractivity contribution in [3.63, 3.8) is 0 Å². The summed E-state index contributed by atoms with van der Waals surface area (Å²) in [6.07, 6.45) is -3.92. The van der Waals surface area contributed by atoms with E-state index in [0.717, 1.165) is 11.1 Å². The molecule has 14 heteroatoms. The number of alkyl halides is 3. The molecular formula is C28H26F5N7O2. The quantitative estimate of drug-likeness (QED) is 0.321. The van der Waals surface area contributed by atoms with Crippen LogP contribution in [-0.2, 0) is 4.79 Å². The van der Waals surface area contributed by atoms with E-state index in [2.05, 4.69) is 20.3 Å². The summed E-state index contributed by atoms with van der Waals surface area (Å²) in [5.74, 6) is -1.98. The lowest BCUT2D eigenvalue weighted by atomic mass is 10.1. The second kappa shape index (κ2) is 10.1. The Labute approximate surface area is 236 Å². The van der Waals surface area contributed by atoms with Gasteiger partial charge in [0.05, 0.1) is 23.4 Å². The second-order valence-electron chi connectivity index (χ2n) is 10.6. The van der Waals surface area contributed by atoms with Gasteiger partial charge in [-0.25, -0.2) is 23.7 Å². The molecule has 4 aromatic rings. The maximum absolute atomic E-state index is 15.0. The molecule has 1 amide bonds. The fraction of sp³-hybridized carbons (Fsp3) is 0.357. The highest BCUT2D eigenvalue weighted by Gasteiger charge is 2.45. The van der Waals surface area contributed by atoms with Crippen molar-refractivity contribution in [1.29, 1.82) is 0 Å². The Balaban J connectivity index is 1.24. The van der Waals surface area contributed by atoms with E-state index in [1.54, 1.807) is 31.2 Å². The molecule has 2 aromatic heterocycles. The molecule has 1 fully saturated rings. The minimum Gasteiger partial charge on any atom is -0.489 e. The molecule has 0 saturated carbocycles. The number of hydrogen-bond donors (Lipinski definition) is 1. The number of halogens is 5. The summed E-state index contributed by atoms with van der Waals surface area (Å²) in [4.78, 5) is 27.1. The zero-order valence-corrected chi connectivity index (χ0v) is 22.8. The van der Waals surface area contributed by atoms with E-state index in [4.69, 9.17) is 4.74 Å². The summed E-state index contributed by atoms with van der Waals surface area (Å²) >= 11 is 0. The highest BCUT2D eigenvalue weighted by atomic mass is 19.4. The summed E-state index contributed by atoms with van der Waals surface area (Å²) < 4.78 is 76.3. The Bertz CT molecular complexity index is 1700. The number of imidazole rings is 1. The van der Waals surface area contributed by atoms with Gasteiger partial charge in [-0.1, -0.05) is 0 Å². The minimum absolute atomic E-state index is 0.00452. The van der Waals surface area contributed by atoms with Gasteiger partial charge in [0.15, 0.2) is 11.6 Å². The molecular weight excluding hydrogens is 561 g/mol. The largest absolute Gasteiger partial charge is 0.489 e. The Morgan fingerprint density at radius 2 is 1.88 bits per heavy atom. The monoisotopic (exact) mass is 587 g/mol. The normalized spacial score (nSPS) is 16.8. The molecule has 1 N–H and O–H groups in total. The van der Waals surface area contributed by atoms with Crippen LogP contribution in [0.25, 0.3) is 22.3 Å². The van der Waals surface area contributed by atoms with Crippen molar-refractivity contribution in [3.05, 3.63) is 54.0 Å². The Morgan fingerprint density at radius 1 is 1.10 bits per heavy atom. The SMILES string of the molecule is Cc1nc2c(F)cc(-c3nc(Nc4ccc5c(c4)OCC4CN(C(=O)C(F)(F)F)CCN54)ncc3F)cc2n1C(C)C. The number of aromatic nitrogens is 4. The maximum Gasteiger partial charge on any atom is 0.471 e. The fourth-order valence-corrected chi connectivity index (χ4v) is 5.63. The minimum atomic E-state index is -4.92. The van der Waals surface area contributed by atoms with Gasteiger partial charge in [-0.2, -0.15) is 13.2 Å². The number of piperazine rings is 1. The van der Waals surface area contributed by atoms with Gasteiger partial charge in [0, 0.05) is 43.0 Å². The van der Waals surface area contributed by atoms with Crippen molar-refractivity contribution in [1.82, 2.24) is 24.4 Å². The number of amides is 1. The van der Waals surface area contributed by atoms with E-state index in [1.165, 1.54) is 6.07 Å². The van der Waals surface area contributed by atoms with Crippen LogP contribution >= 0.6 is 0 Å². The number of rotatable bonds is 4. The highest BCUT2D eigenvalue weighted by Crippen LogP contribution is 2.38.